The van der Waals surface area contributed by atoms with E-state index in [0.717, 1.165) is 11.5 Å². The molecule has 29 heavy (non-hydrogen) atoms. The largest absolute Gasteiger partial charge is 0.349 e. The number of nitrogens with one attached hydrogen (secondary N) is 1. The van der Waals surface area contributed by atoms with Crippen LogP contribution in [0.3, 0.4) is 0 Å². The lowest BCUT2D eigenvalue weighted by atomic mass is 10.1. The number of halogens is 1. The SMILES string of the molecule is CC(C)(C)NC(=O)C(c1cccs1)N(Cc1ccccc1F)C(=O)c1csnn1. The van der Waals surface area contributed by atoms with Crippen molar-refractivity contribution in [3.63, 3.8) is 0 Å². The molecule has 9 heteroatoms. The molecule has 2 amide bonds. The lowest BCUT2D eigenvalue weighted by Crippen LogP contribution is -2.49. The van der Waals surface area contributed by atoms with E-state index in [-0.39, 0.29) is 18.1 Å². The number of nitrogens with zero attached hydrogens (tertiary/aromatic N) is 3. The Balaban J connectivity index is 2.05. The van der Waals surface area contributed by atoms with Crippen molar-refractivity contribution >= 4 is 34.7 Å². The van der Waals surface area contributed by atoms with Crippen LogP contribution >= 0.6 is 22.9 Å². The molecule has 3 aromatic rings. The molecule has 0 aliphatic carbocycles. The zero-order chi connectivity index (χ0) is 21.0. The van der Waals surface area contributed by atoms with Crippen LogP contribution in [-0.4, -0.2) is 31.8 Å². The van der Waals surface area contributed by atoms with Gasteiger partial charge in [0.15, 0.2) is 5.69 Å². The number of amides is 2. The van der Waals surface area contributed by atoms with Crippen LogP contribution in [0.15, 0.2) is 47.2 Å². The maximum atomic E-state index is 14.4. The third-order valence-corrected chi connectivity index (χ3v) is 5.44. The smallest absolute Gasteiger partial charge is 0.276 e. The molecule has 0 saturated carbocycles. The Hall–Kier alpha value is -2.65. The van der Waals surface area contributed by atoms with Crippen LogP contribution in [0.1, 0.15) is 47.7 Å². The van der Waals surface area contributed by atoms with Gasteiger partial charge in [-0.2, -0.15) is 0 Å². The summed E-state index contributed by atoms with van der Waals surface area (Å²) in [6.45, 7) is 5.51. The molecular formula is C20H21FN4O2S2. The average Bonchev–Trinajstić information content (AvgIpc) is 3.35. The van der Waals surface area contributed by atoms with Crippen molar-refractivity contribution in [1.82, 2.24) is 19.8 Å². The highest BCUT2D eigenvalue weighted by molar-refractivity contribution is 7.10. The first kappa shape index (κ1) is 21.1. The third kappa shape index (κ3) is 5.24. The van der Waals surface area contributed by atoms with Crippen LogP contribution in [0.5, 0.6) is 0 Å². The zero-order valence-corrected chi connectivity index (χ0v) is 17.9. The Morgan fingerprint density at radius 2 is 1.97 bits per heavy atom. The van der Waals surface area contributed by atoms with Crippen molar-refractivity contribution < 1.29 is 14.0 Å². The van der Waals surface area contributed by atoms with Gasteiger partial charge in [-0.15, -0.1) is 16.4 Å². The Morgan fingerprint density at radius 1 is 1.21 bits per heavy atom. The quantitative estimate of drug-likeness (QED) is 0.638. The number of aromatic nitrogens is 2. The van der Waals surface area contributed by atoms with Gasteiger partial charge in [0.1, 0.15) is 11.9 Å². The van der Waals surface area contributed by atoms with Crippen molar-refractivity contribution in [2.24, 2.45) is 0 Å². The van der Waals surface area contributed by atoms with Gasteiger partial charge in [0.25, 0.3) is 5.91 Å². The molecule has 2 heterocycles. The third-order valence-electron chi connectivity index (χ3n) is 4.01. The highest BCUT2D eigenvalue weighted by atomic mass is 32.1. The molecular weight excluding hydrogens is 411 g/mol. The fourth-order valence-electron chi connectivity index (χ4n) is 2.80. The second-order valence-electron chi connectivity index (χ2n) is 7.47. The second-order valence-corrected chi connectivity index (χ2v) is 9.06. The highest BCUT2D eigenvalue weighted by Crippen LogP contribution is 2.30. The van der Waals surface area contributed by atoms with Gasteiger partial charge < -0.3 is 10.2 Å². The molecule has 0 aliphatic heterocycles. The molecule has 0 radical (unpaired) electrons. The Morgan fingerprint density at radius 3 is 2.55 bits per heavy atom. The molecule has 0 aliphatic rings. The van der Waals surface area contributed by atoms with Gasteiger partial charge in [0, 0.05) is 21.4 Å². The number of rotatable bonds is 6. The van der Waals surface area contributed by atoms with Gasteiger partial charge in [0.05, 0.1) is 6.54 Å². The fraction of sp³-hybridized carbons (Fsp3) is 0.300. The summed E-state index contributed by atoms with van der Waals surface area (Å²) in [5.41, 5.74) is -0.0628. The fourth-order valence-corrected chi connectivity index (χ4v) is 4.07. The standard InChI is InChI=1S/C20H21FN4O2S2/c1-20(2,3)22-18(26)17(16-9-6-10-28-16)25(19(27)15-12-29-24-23-15)11-13-7-4-5-8-14(13)21/h4-10,12,17H,11H2,1-3H3,(H,22,26). The van der Waals surface area contributed by atoms with E-state index in [0.29, 0.717) is 10.4 Å². The average molecular weight is 433 g/mol. The van der Waals surface area contributed by atoms with E-state index in [4.69, 9.17) is 0 Å². The summed E-state index contributed by atoms with van der Waals surface area (Å²) in [6, 6.07) is 8.88. The van der Waals surface area contributed by atoms with Gasteiger partial charge in [-0.05, 0) is 49.8 Å². The summed E-state index contributed by atoms with van der Waals surface area (Å²) >= 11 is 2.40. The predicted octanol–water partition coefficient (Wildman–Crippen LogP) is 4.04. The molecule has 1 aromatic carbocycles. The molecule has 0 fully saturated rings. The zero-order valence-electron chi connectivity index (χ0n) is 16.3. The minimum absolute atomic E-state index is 0.0802. The van der Waals surface area contributed by atoms with Crippen molar-refractivity contribution in [2.45, 2.75) is 38.9 Å². The maximum absolute atomic E-state index is 14.4. The first-order valence-electron chi connectivity index (χ1n) is 8.93. The van der Waals surface area contributed by atoms with Gasteiger partial charge in [-0.3, -0.25) is 9.59 Å². The van der Waals surface area contributed by atoms with Crippen LogP contribution in [0.4, 0.5) is 4.39 Å². The number of hydrogen-bond donors (Lipinski definition) is 1. The van der Waals surface area contributed by atoms with E-state index >= 15 is 0 Å². The van der Waals surface area contributed by atoms with Gasteiger partial charge >= 0.3 is 0 Å². The monoisotopic (exact) mass is 432 g/mol. The molecule has 2 aromatic heterocycles. The topological polar surface area (TPSA) is 75.2 Å². The normalized spacial score (nSPS) is 12.4. The minimum Gasteiger partial charge on any atom is -0.349 e. The number of carbonyl (C=O) groups is 2. The number of benzene rings is 1. The first-order valence-corrected chi connectivity index (χ1v) is 10.6. The molecule has 1 atom stereocenters. The molecule has 0 saturated heterocycles. The van der Waals surface area contributed by atoms with E-state index in [1.54, 1.807) is 24.3 Å². The van der Waals surface area contributed by atoms with E-state index < -0.39 is 23.3 Å². The molecule has 0 spiro atoms. The summed E-state index contributed by atoms with van der Waals surface area (Å²) < 4.78 is 18.1. The van der Waals surface area contributed by atoms with E-state index in [1.165, 1.54) is 27.7 Å². The Kier molecular flexibility index (Phi) is 6.39. The highest BCUT2D eigenvalue weighted by Gasteiger charge is 2.35. The van der Waals surface area contributed by atoms with Crippen molar-refractivity contribution in [2.75, 3.05) is 0 Å². The number of hydrogen-bond acceptors (Lipinski definition) is 6. The molecule has 3 rings (SSSR count). The van der Waals surface area contributed by atoms with Crippen LogP contribution in [0, 0.1) is 5.82 Å². The molecule has 1 unspecified atom stereocenters. The lowest BCUT2D eigenvalue weighted by Gasteiger charge is -2.32. The number of thiophene rings is 1. The van der Waals surface area contributed by atoms with Crippen LogP contribution < -0.4 is 5.32 Å². The summed E-state index contributed by atoms with van der Waals surface area (Å²) in [5, 5.41) is 10.1. The Bertz CT molecular complexity index is 969. The molecule has 1 N–H and O–H groups in total. The first-order chi connectivity index (χ1) is 13.8. The van der Waals surface area contributed by atoms with Crippen LogP contribution in [0.2, 0.25) is 0 Å². The van der Waals surface area contributed by atoms with Crippen LogP contribution in [0.25, 0.3) is 0 Å². The van der Waals surface area contributed by atoms with Crippen molar-refractivity contribution in [1.29, 1.82) is 0 Å². The summed E-state index contributed by atoms with van der Waals surface area (Å²) in [7, 11) is 0. The summed E-state index contributed by atoms with van der Waals surface area (Å²) in [6.07, 6.45) is 0. The lowest BCUT2D eigenvalue weighted by molar-refractivity contribution is -0.127. The second kappa shape index (κ2) is 8.79. The summed E-state index contributed by atoms with van der Waals surface area (Å²) in [5.74, 6) is -1.26. The minimum atomic E-state index is -0.928. The van der Waals surface area contributed by atoms with Gasteiger partial charge in [-0.25, -0.2) is 4.39 Å². The Labute approximate surface area is 176 Å². The van der Waals surface area contributed by atoms with Crippen molar-refractivity contribution in [3.05, 3.63) is 69.1 Å². The number of carbonyl (C=O) groups excluding carboxylic acids is 2. The molecule has 152 valence electrons. The predicted molar refractivity (Wildman–Crippen MR) is 111 cm³/mol. The molecule has 0 bridgehead atoms. The maximum Gasteiger partial charge on any atom is 0.276 e. The molecule has 6 nitrogen and oxygen atoms in total. The van der Waals surface area contributed by atoms with E-state index in [1.807, 2.05) is 32.2 Å². The van der Waals surface area contributed by atoms with Crippen molar-refractivity contribution in [3.8, 4) is 0 Å². The van der Waals surface area contributed by atoms with E-state index in [9.17, 15) is 14.0 Å². The van der Waals surface area contributed by atoms with Crippen LogP contribution in [-0.2, 0) is 11.3 Å². The van der Waals surface area contributed by atoms with Gasteiger partial charge in [-0.1, -0.05) is 28.8 Å². The van der Waals surface area contributed by atoms with E-state index in [2.05, 4.69) is 14.9 Å². The van der Waals surface area contributed by atoms with Gasteiger partial charge in [0.2, 0.25) is 5.91 Å². The summed E-state index contributed by atoms with van der Waals surface area (Å²) in [4.78, 5) is 28.5.